The molecule has 1 aromatic heterocycles. The van der Waals surface area contributed by atoms with Gasteiger partial charge in [0.05, 0.1) is 22.5 Å². The monoisotopic (exact) mass is 374 g/mol. The van der Waals surface area contributed by atoms with Crippen molar-refractivity contribution in [3.63, 3.8) is 0 Å². The minimum atomic E-state index is -0.685. The summed E-state index contributed by atoms with van der Waals surface area (Å²) in [7, 11) is 0. The summed E-state index contributed by atoms with van der Waals surface area (Å²) in [5.74, 6) is -1.88. The molecule has 1 amide bonds. The van der Waals surface area contributed by atoms with Gasteiger partial charge in [0.1, 0.15) is 17.4 Å². The number of carbonyl (C=O) groups is 2. The summed E-state index contributed by atoms with van der Waals surface area (Å²) in [6.07, 6.45) is 0. The van der Waals surface area contributed by atoms with Gasteiger partial charge in [0.15, 0.2) is 6.61 Å². The number of nitrogens with one attached hydrogen (secondary N) is 1. The number of hydrogen-bond acceptors (Lipinski definition) is 6. The number of hydrogen-bond donors (Lipinski definition) is 1. The Morgan fingerprint density at radius 3 is 2.65 bits per heavy atom. The molecule has 8 heteroatoms. The first kappa shape index (κ1) is 18.0. The normalized spacial score (nSPS) is 10.7. The maximum absolute atomic E-state index is 13.4. The molecule has 3 aromatic rings. The highest BCUT2D eigenvalue weighted by Gasteiger charge is 2.11. The summed E-state index contributed by atoms with van der Waals surface area (Å²) in [5, 5.41) is 3.07. The largest absolute Gasteiger partial charge is 0.454 e. The molecule has 0 radical (unpaired) electrons. The molecule has 0 aliphatic heterocycles. The number of amides is 1. The summed E-state index contributed by atoms with van der Waals surface area (Å²) in [5.41, 5.74) is 0.907. The molecular formula is C18H15FN2O4S. The number of rotatable bonds is 7. The topological polar surface area (TPSA) is 77.5 Å². The third-order valence-electron chi connectivity index (χ3n) is 3.30. The zero-order chi connectivity index (χ0) is 18.4. The molecule has 0 spiro atoms. The van der Waals surface area contributed by atoms with Crippen LogP contribution in [0.2, 0.25) is 0 Å². The molecule has 0 aliphatic carbocycles. The number of nitrogens with zero attached hydrogens (tertiary/aromatic N) is 1. The van der Waals surface area contributed by atoms with Gasteiger partial charge in [0, 0.05) is 0 Å². The van der Waals surface area contributed by atoms with Crippen LogP contribution in [0.3, 0.4) is 0 Å². The number of para-hydroxylation sites is 2. The third kappa shape index (κ3) is 4.84. The Labute approximate surface area is 152 Å². The number of anilines is 1. The number of benzene rings is 2. The zero-order valence-corrected chi connectivity index (χ0v) is 14.4. The number of aromatic nitrogens is 1. The number of halogens is 1. The van der Waals surface area contributed by atoms with Gasteiger partial charge in [-0.15, -0.1) is 11.3 Å². The number of fused-ring (bicyclic) bond motifs is 1. The van der Waals surface area contributed by atoms with E-state index in [1.165, 1.54) is 29.5 Å². The van der Waals surface area contributed by atoms with Crippen LogP contribution in [0.15, 0.2) is 48.5 Å². The Morgan fingerprint density at radius 1 is 1.08 bits per heavy atom. The van der Waals surface area contributed by atoms with Crippen LogP contribution in [0.1, 0.15) is 5.01 Å². The van der Waals surface area contributed by atoms with Crippen molar-refractivity contribution in [3.8, 4) is 0 Å². The Morgan fingerprint density at radius 2 is 1.85 bits per heavy atom. The maximum Gasteiger partial charge on any atom is 0.332 e. The lowest BCUT2D eigenvalue weighted by molar-refractivity contribution is -0.152. The smallest absolute Gasteiger partial charge is 0.332 e. The molecule has 1 N–H and O–H groups in total. The summed E-state index contributed by atoms with van der Waals surface area (Å²) < 4.78 is 24.5. The molecule has 0 atom stereocenters. The van der Waals surface area contributed by atoms with E-state index in [1.54, 1.807) is 6.07 Å². The maximum atomic E-state index is 13.4. The van der Waals surface area contributed by atoms with Gasteiger partial charge in [-0.3, -0.25) is 4.79 Å². The van der Waals surface area contributed by atoms with Gasteiger partial charge in [-0.2, -0.15) is 0 Å². The van der Waals surface area contributed by atoms with E-state index in [2.05, 4.69) is 10.3 Å². The number of esters is 1. The molecule has 6 nitrogen and oxygen atoms in total. The third-order valence-corrected chi connectivity index (χ3v) is 4.31. The SMILES string of the molecule is O=C(COC(=O)COCc1nc2ccccc2s1)Nc1ccccc1F. The van der Waals surface area contributed by atoms with Crippen molar-refractivity contribution < 1.29 is 23.5 Å². The molecule has 134 valence electrons. The Hall–Kier alpha value is -2.84. The minimum absolute atomic E-state index is 0.0284. The number of ether oxygens (including phenoxy) is 2. The van der Waals surface area contributed by atoms with Gasteiger partial charge in [-0.1, -0.05) is 24.3 Å². The predicted molar refractivity (Wildman–Crippen MR) is 95.3 cm³/mol. The van der Waals surface area contributed by atoms with Crippen LogP contribution in [-0.2, 0) is 25.7 Å². The molecule has 0 aliphatic rings. The molecule has 0 fully saturated rings. The van der Waals surface area contributed by atoms with Gasteiger partial charge >= 0.3 is 5.97 Å². The lowest BCUT2D eigenvalue weighted by atomic mass is 10.3. The van der Waals surface area contributed by atoms with Crippen LogP contribution < -0.4 is 5.32 Å². The van der Waals surface area contributed by atoms with Crippen molar-refractivity contribution in [1.29, 1.82) is 0 Å². The highest BCUT2D eigenvalue weighted by molar-refractivity contribution is 7.18. The number of carbonyl (C=O) groups excluding carboxylic acids is 2. The van der Waals surface area contributed by atoms with Crippen LogP contribution in [-0.4, -0.2) is 30.1 Å². The van der Waals surface area contributed by atoms with Crippen molar-refractivity contribution in [2.24, 2.45) is 0 Å². The lowest BCUT2D eigenvalue weighted by Gasteiger charge is -2.07. The standard InChI is InChI=1S/C18H15FN2O4S/c19-12-5-1-2-6-13(12)20-16(22)9-25-18(23)11-24-10-17-21-14-7-3-4-8-15(14)26-17/h1-8H,9-11H2,(H,20,22). The van der Waals surface area contributed by atoms with Crippen LogP contribution in [0.4, 0.5) is 10.1 Å². The van der Waals surface area contributed by atoms with E-state index in [0.717, 1.165) is 15.2 Å². The van der Waals surface area contributed by atoms with Crippen molar-refractivity contribution in [2.45, 2.75) is 6.61 Å². The molecule has 1 heterocycles. The first-order valence-corrected chi connectivity index (χ1v) is 8.55. The minimum Gasteiger partial charge on any atom is -0.454 e. The van der Waals surface area contributed by atoms with Crippen molar-refractivity contribution in [3.05, 3.63) is 59.4 Å². The van der Waals surface area contributed by atoms with E-state index in [4.69, 9.17) is 9.47 Å². The van der Waals surface area contributed by atoms with Gasteiger partial charge in [0.2, 0.25) is 0 Å². The highest BCUT2D eigenvalue weighted by atomic mass is 32.1. The van der Waals surface area contributed by atoms with Gasteiger partial charge in [-0.05, 0) is 24.3 Å². The molecule has 0 saturated carbocycles. The van der Waals surface area contributed by atoms with E-state index in [9.17, 15) is 14.0 Å². The molecule has 0 unspecified atom stereocenters. The fraction of sp³-hybridized carbons (Fsp3) is 0.167. The van der Waals surface area contributed by atoms with Gasteiger partial charge < -0.3 is 14.8 Å². The van der Waals surface area contributed by atoms with E-state index >= 15 is 0 Å². The van der Waals surface area contributed by atoms with Crippen molar-refractivity contribution in [1.82, 2.24) is 4.98 Å². The average molecular weight is 374 g/mol. The Kier molecular flexibility index (Phi) is 5.88. The van der Waals surface area contributed by atoms with E-state index in [1.807, 2.05) is 24.3 Å². The molecular weight excluding hydrogens is 359 g/mol. The first-order chi connectivity index (χ1) is 12.6. The summed E-state index contributed by atoms with van der Waals surface area (Å²) in [6.45, 7) is -0.642. The van der Waals surface area contributed by atoms with Gasteiger partial charge in [-0.25, -0.2) is 14.2 Å². The summed E-state index contributed by atoms with van der Waals surface area (Å²) in [4.78, 5) is 27.7. The zero-order valence-electron chi connectivity index (χ0n) is 13.6. The van der Waals surface area contributed by atoms with E-state index < -0.39 is 24.3 Å². The molecule has 26 heavy (non-hydrogen) atoms. The summed E-state index contributed by atoms with van der Waals surface area (Å²) in [6, 6.07) is 13.4. The molecule has 0 saturated heterocycles. The number of thiazole rings is 1. The second-order valence-electron chi connectivity index (χ2n) is 5.26. The molecule has 3 rings (SSSR count). The van der Waals surface area contributed by atoms with Crippen LogP contribution in [0.25, 0.3) is 10.2 Å². The Bertz CT molecular complexity index is 895. The van der Waals surface area contributed by atoms with Crippen LogP contribution in [0, 0.1) is 5.82 Å². The fourth-order valence-electron chi connectivity index (χ4n) is 2.14. The van der Waals surface area contributed by atoms with Crippen LogP contribution >= 0.6 is 11.3 Å². The second kappa shape index (κ2) is 8.50. The second-order valence-corrected chi connectivity index (χ2v) is 6.37. The lowest BCUT2D eigenvalue weighted by Crippen LogP contribution is -2.23. The summed E-state index contributed by atoms with van der Waals surface area (Å²) >= 11 is 1.48. The predicted octanol–water partition coefficient (Wildman–Crippen LogP) is 3.13. The fourth-order valence-corrected chi connectivity index (χ4v) is 3.04. The van der Waals surface area contributed by atoms with Gasteiger partial charge in [0.25, 0.3) is 5.91 Å². The van der Waals surface area contributed by atoms with E-state index in [0.29, 0.717) is 0 Å². The van der Waals surface area contributed by atoms with Crippen molar-refractivity contribution >= 4 is 39.1 Å². The van der Waals surface area contributed by atoms with Crippen molar-refractivity contribution in [2.75, 3.05) is 18.5 Å². The average Bonchev–Trinajstić information content (AvgIpc) is 3.05. The quantitative estimate of drug-likeness (QED) is 0.643. The Balaban J connectivity index is 1.38. The molecule has 0 bridgehead atoms. The van der Waals surface area contributed by atoms with Crippen LogP contribution in [0.5, 0.6) is 0 Å². The molecule has 2 aromatic carbocycles. The highest BCUT2D eigenvalue weighted by Crippen LogP contribution is 2.21. The van der Waals surface area contributed by atoms with E-state index in [-0.39, 0.29) is 18.9 Å². The first-order valence-electron chi connectivity index (χ1n) is 7.74.